The fraction of sp³-hybridized carbons (Fsp3) is 0.364. The zero-order chi connectivity index (χ0) is 21.3. The number of nitrogens with zero attached hydrogens (tertiary/aromatic N) is 2. The predicted octanol–water partition coefficient (Wildman–Crippen LogP) is 4.56. The van der Waals surface area contributed by atoms with Crippen LogP contribution in [0.15, 0.2) is 45.6 Å². The van der Waals surface area contributed by atoms with E-state index in [1.807, 2.05) is 6.92 Å². The Labute approximate surface area is 171 Å². The molecular formula is C22H22F3N3O2. The zero-order valence-corrected chi connectivity index (χ0v) is 16.6. The number of furan rings is 1. The molecular weight excluding hydrogens is 395 g/mol. The van der Waals surface area contributed by atoms with Crippen LogP contribution in [0.3, 0.4) is 0 Å². The van der Waals surface area contributed by atoms with Gasteiger partial charge >= 0.3 is 6.18 Å². The lowest BCUT2D eigenvalue weighted by molar-refractivity contribution is -0.137. The molecule has 1 aliphatic rings. The molecule has 0 saturated heterocycles. The van der Waals surface area contributed by atoms with E-state index in [1.54, 1.807) is 18.2 Å². The summed E-state index contributed by atoms with van der Waals surface area (Å²) in [6.07, 6.45) is -2.06. The Bertz CT molecular complexity index is 1100. The Hall–Kier alpha value is -2.87. The SMILES string of the molecule is CCCc1nc2c(c(=O)[nH]1)CN(Cc1ccc(-c3cccc(C(F)(F)F)c3)o1)CC2. The molecule has 0 spiro atoms. The first-order chi connectivity index (χ1) is 14.3. The lowest BCUT2D eigenvalue weighted by atomic mass is 10.1. The molecule has 1 N–H and O–H groups in total. The Balaban J connectivity index is 1.48. The lowest BCUT2D eigenvalue weighted by Crippen LogP contribution is -2.35. The van der Waals surface area contributed by atoms with E-state index >= 15 is 0 Å². The van der Waals surface area contributed by atoms with Gasteiger partial charge in [-0.05, 0) is 30.7 Å². The molecule has 1 aromatic carbocycles. The van der Waals surface area contributed by atoms with Crippen molar-refractivity contribution < 1.29 is 17.6 Å². The average molecular weight is 417 g/mol. The van der Waals surface area contributed by atoms with Crippen LogP contribution in [0.25, 0.3) is 11.3 Å². The van der Waals surface area contributed by atoms with E-state index in [2.05, 4.69) is 14.9 Å². The molecule has 0 fully saturated rings. The van der Waals surface area contributed by atoms with Gasteiger partial charge in [0.05, 0.1) is 23.4 Å². The maximum Gasteiger partial charge on any atom is 0.416 e. The maximum absolute atomic E-state index is 12.9. The van der Waals surface area contributed by atoms with Crippen molar-refractivity contribution in [2.24, 2.45) is 0 Å². The highest BCUT2D eigenvalue weighted by molar-refractivity contribution is 5.58. The monoisotopic (exact) mass is 417 g/mol. The van der Waals surface area contributed by atoms with Crippen molar-refractivity contribution in [3.63, 3.8) is 0 Å². The highest BCUT2D eigenvalue weighted by Gasteiger charge is 2.30. The normalized spacial score (nSPS) is 14.7. The van der Waals surface area contributed by atoms with E-state index in [9.17, 15) is 18.0 Å². The number of alkyl halides is 3. The third kappa shape index (κ3) is 4.33. The van der Waals surface area contributed by atoms with E-state index in [0.717, 1.165) is 43.0 Å². The summed E-state index contributed by atoms with van der Waals surface area (Å²) in [6.45, 7) is 3.70. The minimum Gasteiger partial charge on any atom is -0.460 e. The van der Waals surface area contributed by atoms with E-state index in [-0.39, 0.29) is 5.56 Å². The molecule has 3 heterocycles. The van der Waals surface area contributed by atoms with Crippen molar-refractivity contribution in [2.75, 3.05) is 6.54 Å². The van der Waals surface area contributed by atoms with Crippen molar-refractivity contribution in [3.05, 3.63) is 75.2 Å². The van der Waals surface area contributed by atoms with Crippen LogP contribution in [0.5, 0.6) is 0 Å². The molecule has 158 valence electrons. The van der Waals surface area contributed by atoms with Gasteiger partial charge < -0.3 is 9.40 Å². The van der Waals surface area contributed by atoms with Crippen molar-refractivity contribution >= 4 is 0 Å². The van der Waals surface area contributed by atoms with Crippen LogP contribution in [-0.4, -0.2) is 21.4 Å². The molecule has 0 unspecified atom stereocenters. The molecule has 30 heavy (non-hydrogen) atoms. The predicted molar refractivity (Wildman–Crippen MR) is 106 cm³/mol. The largest absolute Gasteiger partial charge is 0.460 e. The van der Waals surface area contributed by atoms with Gasteiger partial charge in [-0.15, -0.1) is 0 Å². The van der Waals surface area contributed by atoms with Crippen LogP contribution >= 0.6 is 0 Å². The Morgan fingerprint density at radius 1 is 1.23 bits per heavy atom. The molecule has 0 atom stereocenters. The first-order valence-electron chi connectivity index (χ1n) is 9.93. The van der Waals surface area contributed by atoms with Crippen LogP contribution < -0.4 is 5.56 Å². The molecule has 4 rings (SSSR count). The Morgan fingerprint density at radius 2 is 2.07 bits per heavy atom. The highest BCUT2D eigenvalue weighted by atomic mass is 19.4. The first-order valence-corrected chi connectivity index (χ1v) is 9.93. The Kier molecular flexibility index (Phi) is 5.51. The third-order valence-electron chi connectivity index (χ3n) is 5.20. The minimum atomic E-state index is -4.40. The molecule has 0 radical (unpaired) electrons. The molecule has 8 heteroatoms. The molecule has 0 saturated carbocycles. The topological polar surface area (TPSA) is 62.1 Å². The van der Waals surface area contributed by atoms with Crippen LogP contribution in [-0.2, 0) is 32.1 Å². The third-order valence-corrected chi connectivity index (χ3v) is 5.20. The number of aromatic amines is 1. The molecule has 0 aliphatic carbocycles. The van der Waals surface area contributed by atoms with Crippen LogP contribution in [0.4, 0.5) is 13.2 Å². The molecule has 5 nitrogen and oxygen atoms in total. The van der Waals surface area contributed by atoms with Gasteiger partial charge in [-0.1, -0.05) is 19.1 Å². The van der Waals surface area contributed by atoms with Gasteiger partial charge in [0, 0.05) is 31.5 Å². The Morgan fingerprint density at radius 3 is 2.83 bits per heavy atom. The summed E-state index contributed by atoms with van der Waals surface area (Å²) in [4.78, 5) is 21.9. The summed E-state index contributed by atoms with van der Waals surface area (Å²) < 4.78 is 44.6. The molecule has 0 bridgehead atoms. The van der Waals surface area contributed by atoms with E-state index in [1.165, 1.54) is 6.07 Å². The minimum absolute atomic E-state index is 0.0998. The zero-order valence-electron chi connectivity index (χ0n) is 16.6. The highest BCUT2D eigenvalue weighted by Crippen LogP contribution is 2.33. The van der Waals surface area contributed by atoms with Crippen LogP contribution in [0, 0.1) is 0 Å². The van der Waals surface area contributed by atoms with Crippen molar-refractivity contribution in [3.8, 4) is 11.3 Å². The summed E-state index contributed by atoms with van der Waals surface area (Å²) >= 11 is 0. The number of fused-ring (bicyclic) bond motifs is 1. The van der Waals surface area contributed by atoms with Crippen LogP contribution in [0.2, 0.25) is 0 Å². The number of H-pyrrole nitrogens is 1. The number of halogens is 3. The van der Waals surface area contributed by atoms with Gasteiger partial charge in [-0.25, -0.2) is 4.98 Å². The average Bonchev–Trinajstić information content (AvgIpc) is 3.17. The van der Waals surface area contributed by atoms with Crippen LogP contribution in [0.1, 0.15) is 41.8 Å². The standard InChI is InChI=1S/C22H22F3N3O2/c1-2-4-20-26-18-9-10-28(13-17(18)21(29)27-20)12-16-7-8-19(30-16)14-5-3-6-15(11-14)22(23,24)25/h3,5-8,11H,2,4,9-10,12-13H2,1H3,(H,26,27,29). The summed E-state index contributed by atoms with van der Waals surface area (Å²) in [5, 5.41) is 0. The number of benzene rings is 1. The number of hydrogen-bond donors (Lipinski definition) is 1. The van der Waals surface area contributed by atoms with Crippen molar-refractivity contribution in [1.29, 1.82) is 0 Å². The molecule has 0 amide bonds. The smallest absolute Gasteiger partial charge is 0.416 e. The van der Waals surface area contributed by atoms with Crippen molar-refractivity contribution in [2.45, 2.75) is 45.5 Å². The summed E-state index contributed by atoms with van der Waals surface area (Å²) in [5.74, 6) is 1.75. The first kappa shape index (κ1) is 20.4. The number of aryl methyl sites for hydroxylation is 1. The summed E-state index contributed by atoms with van der Waals surface area (Å²) in [5.41, 5.74) is 1.09. The number of nitrogens with one attached hydrogen (secondary N) is 1. The van der Waals surface area contributed by atoms with E-state index in [0.29, 0.717) is 42.2 Å². The van der Waals surface area contributed by atoms with Gasteiger partial charge in [0.25, 0.3) is 5.56 Å². The van der Waals surface area contributed by atoms with Gasteiger partial charge in [-0.3, -0.25) is 9.69 Å². The second kappa shape index (κ2) is 8.10. The lowest BCUT2D eigenvalue weighted by Gasteiger charge is -2.26. The summed E-state index contributed by atoms with van der Waals surface area (Å²) in [7, 11) is 0. The fourth-order valence-electron chi connectivity index (χ4n) is 3.71. The van der Waals surface area contributed by atoms with Gasteiger partial charge in [0.2, 0.25) is 0 Å². The maximum atomic E-state index is 12.9. The summed E-state index contributed by atoms with van der Waals surface area (Å²) in [6, 6.07) is 8.52. The van der Waals surface area contributed by atoms with E-state index < -0.39 is 11.7 Å². The fourth-order valence-corrected chi connectivity index (χ4v) is 3.71. The molecule has 3 aromatic rings. The molecule has 1 aliphatic heterocycles. The number of rotatable bonds is 5. The van der Waals surface area contributed by atoms with Gasteiger partial charge in [0.15, 0.2) is 0 Å². The number of hydrogen-bond acceptors (Lipinski definition) is 4. The molecule has 2 aromatic heterocycles. The van der Waals surface area contributed by atoms with Gasteiger partial charge in [0.1, 0.15) is 17.3 Å². The van der Waals surface area contributed by atoms with E-state index in [4.69, 9.17) is 4.42 Å². The second-order valence-corrected chi connectivity index (χ2v) is 7.49. The quantitative estimate of drug-likeness (QED) is 0.661. The second-order valence-electron chi connectivity index (χ2n) is 7.49. The van der Waals surface area contributed by atoms with Crippen molar-refractivity contribution in [1.82, 2.24) is 14.9 Å². The number of aromatic nitrogens is 2. The van der Waals surface area contributed by atoms with Gasteiger partial charge in [-0.2, -0.15) is 13.2 Å².